The maximum atomic E-state index is 6.98. The first kappa shape index (κ1) is 30.9. The Hall–Kier alpha value is -3.73. The minimum Gasteiger partial charge on any atom is -0.497 e. The van der Waals surface area contributed by atoms with Crippen molar-refractivity contribution in [2.24, 2.45) is 4.99 Å². The minimum atomic E-state index is -2.98. The van der Waals surface area contributed by atoms with Gasteiger partial charge in [-0.15, -0.1) is 0 Å². The Morgan fingerprint density at radius 3 is 2.20 bits per heavy atom. The molecule has 0 N–H and O–H groups in total. The van der Waals surface area contributed by atoms with Crippen molar-refractivity contribution in [1.82, 2.24) is 19.0 Å². The Bertz CT molecular complexity index is 1980. The molecule has 3 aromatic carbocycles. The molecule has 0 aliphatic carbocycles. The van der Waals surface area contributed by atoms with E-state index in [1.165, 1.54) is 0 Å². The van der Waals surface area contributed by atoms with Crippen LogP contribution < -0.4 is 14.8 Å². The number of methoxy groups -OCH3 is 2. The average molecular weight is 719 g/mol. The third-order valence-electron chi connectivity index (χ3n) is 8.27. The van der Waals surface area contributed by atoms with Gasteiger partial charge in [0.15, 0.2) is 5.82 Å². The highest BCUT2D eigenvalue weighted by molar-refractivity contribution is 9.10. The van der Waals surface area contributed by atoms with Crippen LogP contribution in [0, 0.1) is 13.8 Å². The summed E-state index contributed by atoms with van der Waals surface area (Å²) in [7, 11) is 3.25. The van der Waals surface area contributed by atoms with E-state index in [4.69, 9.17) is 40.6 Å². The molecule has 12 heteroatoms. The Morgan fingerprint density at radius 1 is 0.870 bits per heavy atom. The predicted molar refractivity (Wildman–Crippen MR) is 189 cm³/mol. The number of hydrogen-bond donors (Lipinski definition) is 0. The molecule has 1 fully saturated rings. The molecule has 1 atom stereocenters. The molecule has 0 spiro atoms. The fourth-order valence-electron chi connectivity index (χ4n) is 6.03. The summed E-state index contributed by atoms with van der Waals surface area (Å²) in [5.41, 5.74) is 6.55. The van der Waals surface area contributed by atoms with Crippen LogP contribution in [0.4, 0.5) is 5.82 Å². The highest BCUT2D eigenvalue weighted by Gasteiger charge is 2.44. The summed E-state index contributed by atoms with van der Waals surface area (Å²) in [6, 6.07) is 26.1. The second-order valence-corrected chi connectivity index (χ2v) is 15.7. The van der Waals surface area contributed by atoms with Crippen LogP contribution in [0.3, 0.4) is 0 Å². The van der Waals surface area contributed by atoms with E-state index < -0.39 is 6.42 Å². The molecule has 5 aromatic rings. The molecule has 0 bridgehead atoms. The van der Waals surface area contributed by atoms with Crippen molar-refractivity contribution in [3.05, 3.63) is 100 Å². The van der Waals surface area contributed by atoms with Gasteiger partial charge in [0.1, 0.15) is 22.5 Å². The zero-order chi connectivity index (χ0) is 32.0. The van der Waals surface area contributed by atoms with Crippen molar-refractivity contribution < 1.29 is 18.7 Å². The van der Waals surface area contributed by atoms with Gasteiger partial charge in [0.25, 0.3) is 0 Å². The summed E-state index contributed by atoms with van der Waals surface area (Å²) in [4.78, 5) is 5.18. The smallest absolute Gasteiger partial charge is 0.228 e. The molecule has 46 heavy (non-hydrogen) atoms. The van der Waals surface area contributed by atoms with Crippen LogP contribution in [0.15, 0.2) is 88.3 Å². The van der Waals surface area contributed by atoms with E-state index in [1.807, 2.05) is 53.2 Å². The van der Waals surface area contributed by atoms with Gasteiger partial charge in [-0.1, -0.05) is 34.1 Å². The summed E-state index contributed by atoms with van der Waals surface area (Å²) in [5.74, 6) is 2.32. The van der Waals surface area contributed by atoms with Crippen LogP contribution >= 0.6 is 22.3 Å². The molecule has 2 aliphatic rings. The van der Waals surface area contributed by atoms with Gasteiger partial charge in [0.05, 0.1) is 33.1 Å². The quantitative estimate of drug-likeness (QED) is 0.166. The number of fused-ring (bicyclic) bond motifs is 1. The molecule has 9 nitrogen and oxygen atoms in total. The molecule has 0 radical (unpaired) electrons. The van der Waals surface area contributed by atoms with Crippen LogP contribution in [0.2, 0.25) is 0 Å². The number of rotatable bonds is 7. The highest BCUT2D eigenvalue weighted by Crippen LogP contribution is 2.58. The lowest BCUT2D eigenvalue weighted by Gasteiger charge is -2.38. The second-order valence-electron chi connectivity index (χ2n) is 11.1. The zero-order valence-electron chi connectivity index (χ0n) is 25.9. The van der Waals surface area contributed by atoms with Gasteiger partial charge in [0.2, 0.25) is 12.3 Å². The van der Waals surface area contributed by atoms with Crippen molar-refractivity contribution in [1.29, 1.82) is 0 Å². The number of halogens is 1. The number of para-hydroxylation sites is 1. The van der Waals surface area contributed by atoms with Gasteiger partial charge in [0, 0.05) is 51.8 Å². The van der Waals surface area contributed by atoms with Crippen LogP contribution in [0.1, 0.15) is 17.0 Å². The predicted octanol–water partition coefficient (Wildman–Crippen LogP) is 7.10. The topological polar surface area (TPSA) is 75.3 Å². The fraction of sp³-hybridized carbons (Fsp3) is 0.235. The third kappa shape index (κ3) is 5.40. The summed E-state index contributed by atoms with van der Waals surface area (Å²) in [6.07, 6.45) is -2.98. The van der Waals surface area contributed by atoms with Gasteiger partial charge in [-0.3, -0.25) is 0 Å². The first-order valence-corrected chi connectivity index (χ1v) is 18.4. The minimum absolute atomic E-state index is 0.406. The van der Waals surface area contributed by atoms with Gasteiger partial charge in [-0.2, -0.15) is 10.1 Å². The Balaban J connectivity index is 1.51. The largest absolute Gasteiger partial charge is 0.497 e. The number of aryl methyl sites for hydroxylation is 1. The van der Waals surface area contributed by atoms with E-state index >= 15 is 0 Å². The van der Waals surface area contributed by atoms with Crippen molar-refractivity contribution in [2.45, 2.75) is 13.8 Å². The molecule has 0 saturated carbocycles. The van der Waals surface area contributed by atoms with E-state index in [2.05, 4.69) is 69.3 Å². The van der Waals surface area contributed by atoms with Gasteiger partial charge in [-0.25, -0.2) is 9.35 Å². The van der Waals surface area contributed by atoms with Crippen LogP contribution in [0.5, 0.6) is 11.5 Å². The van der Waals surface area contributed by atoms with Gasteiger partial charge in [-0.05, 0) is 80.3 Å². The SMILES string of the molecule is COc1cc(OC)cc(C2=Nc3c(c(-c4cc(C)n(-c5ccc(Br)cc5)c4C)nn3-c3ccccc3)P(=S)(N3CCOCC3)O2)c1. The van der Waals surface area contributed by atoms with Crippen molar-refractivity contribution in [2.75, 3.05) is 40.5 Å². The van der Waals surface area contributed by atoms with Crippen LogP contribution in [-0.4, -0.2) is 65.4 Å². The fourth-order valence-corrected chi connectivity index (χ4v) is 9.89. The van der Waals surface area contributed by atoms with Gasteiger partial charge >= 0.3 is 0 Å². The number of ether oxygens (including phenoxy) is 3. The number of hydrogen-bond acceptors (Lipinski definition) is 7. The standard InChI is InChI=1S/C34H33BrN5O4PS/c1-22-18-30(23(2)39(22)26-12-10-25(35)11-13-26)31-32-33(40(37-31)27-8-6-5-7-9-27)36-34(24-19-28(41-3)21-29(20-24)42-4)44-45(32,46)38-14-16-43-17-15-38/h5-13,18-21H,14-17H2,1-4H3. The van der Waals surface area contributed by atoms with E-state index in [0.717, 1.165) is 43.8 Å². The van der Waals surface area contributed by atoms with E-state index in [0.29, 0.717) is 55.1 Å². The normalized spacial score (nSPS) is 18.1. The van der Waals surface area contributed by atoms with Crippen molar-refractivity contribution in [3.8, 4) is 34.1 Å². The molecule has 4 heterocycles. The maximum absolute atomic E-state index is 6.98. The molecule has 2 aromatic heterocycles. The van der Waals surface area contributed by atoms with E-state index in [9.17, 15) is 0 Å². The molecule has 7 rings (SSSR count). The summed E-state index contributed by atoms with van der Waals surface area (Å²) >= 11 is 10.3. The Morgan fingerprint density at radius 2 is 1.54 bits per heavy atom. The van der Waals surface area contributed by atoms with E-state index in [1.54, 1.807) is 14.2 Å². The first-order chi connectivity index (χ1) is 22.3. The first-order valence-electron chi connectivity index (χ1n) is 14.9. The second kappa shape index (κ2) is 12.5. The van der Waals surface area contributed by atoms with E-state index in [-0.39, 0.29) is 0 Å². The molecule has 1 unspecified atom stereocenters. The lowest BCUT2D eigenvalue weighted by atomic mass is 10.1. The third-order valence-corrected chi connectivity index (χ3v) is 12.8. The Kier molecular flexibility index (Phi) is 8.37. The summed E-state index contributed by atoms with van der Waals surface area (Å²) in [6.45, 7) is 6.64. The number of aliphatic imine (C=N–C) groups is 1. The number of nitrogens with zero attached hydrogens (tertiary/aromatic N) is 5. The zero-order valence-corrected chi connectivity index (χ0v) is 29.2. The molecule has 2 aliphatic heterocycles. The van der Waals surface area contributed by atoms with Crippen LogP contribution in [-0.2, 0) is 21.1 Å². The molecule has 236 valence electrons. The highest BCUT2D eigenvalue weighted by atomic mass is 79.9. The number of morpholine rings is 1. The van der Waals surface area contributed by atoms with Crippen molar-refractivity contribution >= 4 is 51.2 Å². The number of aromatic nitrogens is 3. The van der Waals surface area contributed by atoms with Crippen molar-refractivity contribution in [3.63, 3.8) is 0 Å². The van der Waals surface area contributed by atoms with Gasteiger partial charge < -0.3 is 23.3 Å². The monoisotopic (exact) mass is 717 g/mol. The molecule has 1 saturated heterocycles. The molecule has 0 amide bonds. The molecular formula is C34H33BrN5O4PS. The summed E-state index contributed by atoms with van der Waals surface area (Å²) in [5, 5.41) is 6.14. The maximum Gasteiger partial charge on any atom is 0.228 e. The summed E-state index contributed by atoms with van der Waals surface area (Å²) < 4.78 is 31.4. The molecular weight excluding hydrogens is 685 g/mol. The average Bonchev–Trinajstić information content (AvgIpc) is 3.62. The lowest BCUT2D eigenvalue weighted by molar-refractivity contribution is 0.0723. The number of benzene rings is 3. The Labute approximate surface area is 281 Å². The van der Waals surface area contributed by atoms with Crippen LogP contribution in [0.25, 0.3) is 22.6 Å². The lowest BCUT2D eigenvalue weighted by Crippen LogP contribution is -2.39.